The molecule has 26 heavy (non-hydrogen) atoms. The van der Waals surface area contributed by atoms with Crippen molar-refractivity contribution < 1.29 is 4.79 Å². The number of rotatable bonds is 3. The lowest BCUT2D eigenvalue weighted by Gasteiger charge is -2.22. The fourth-order valence-corrected chi connectivity index (χ4v) is 4.54. The number of aryl methyl sites for hydroxylation is 1. The first kappa shape index (κ1) is 15.6. The monoisotopic (exact) mass is 346 g/mol. The summed E-state index contributed by atoms with van der Waals surface area (Å²) in [4.78, 5) is 17.5. The summed E-state index contributed by atoms with van der Waals surface area (Å²) in [6.07, 6.45) is 1.87. The van der Waals surface area contributed by atoms with Gasteiger partial charge in [-0.05, 0) is 17.7 Å². The van der Waals surface area contributed by atoms with Gasteiger partial charge in [-0.15, -0.1) is 0 Å². The van der Waals surface area contributed by atoms with Crippen LogP contribution < -0.4 is 4.90 Å². The second kappa shape index (κ2) is 5.95. The zero-order valence-electron chi connectivity index (χ0n) is 14.9. The summed E-state index contributed by atoms with van der Waals surface area (Å²) in [6, 6.07) is 16.6. The molecular weight excluding hydrogens is 324 g/mol. The highest BCUT2D eigenvalue weighted by Gasteiger charge is 2.46. The Morgan fingerprint density at radius 1 is 1.04 bits per heavy atom. The Bertz CT molecular complexity index is 965. The van der Waals surface area contributed by atoms with Gasteiger partial charge in [-0.3, -0.25) is 14.4 Å². The smallest absolute Gasteiger partial charge is 0.231 e. The van der Waals surface area contributed by atoms with Crippen molar-refractivity contribution in [2.24, 2.45) is 18.9 Å². The molecule has 0 radical (unpaired) electrons. The molecule has 2 aliphatic heterocycles. The van der Waals surface area contributed by atoms with Gasteiger partial charge in [0.05, 0.1) is 23.3 Å². The number of hydrogen-bond donors (Lipinski definition) is 0. The molecular formula is C21H22N4O. The van der Waals surface area contributed by atoms with Gasteiger partial charge in [0.25, 0.3) is 0 Å². The highest BCUT2D eigenvalue weighted by Crippen LogP contribution is 2.38. The van der Waals surface area contributed by atoms with Crippen molar-refractivity contribution in [2.45, 2.75) is 6.54 Å². The lowest BCUT2D eigenvalue weighted by atomic mass is 10.0. The SMILES string of the molecule is Cn1ncc2c(N3C[C@H]4CN(Cc5ccccc5)C[C@H]4C3=O)cccc21. The van der Waals surface area contributed by atoms with Crippen LogP contribution >= 0.6 is 0 Å². The molecule has 2 aliphatic rings. The third-order valence-corrected chi connectivity index (χ3v) is 5.83. The van der Waals surface area contributed by atoms with Crippen molar-refractivity contribution in [3.05, 3.63) is 60.3 Å². The minimum Gasteiger partial charge on any atom is -0.311 e. The van der Waals surface area contributed by atoms with Crippen LogP contribution in [-0.4, -0.2) is 40.2 Å². The molecule has 5 rings (SSSR count). The summed E-state index contributed by atoms with van der Waals surface area (Å²) < 4.78 is 1.86. The van der Waals surface area contributed by atoms with Crippen LogP contribution in [0.4, 0.5) is 5.69 Å². The summed E-state index contributed by atoms with van der Waals surface area (Å²) in [7, 11) is 1.94. The van der Waals surface area contributed by atoms with Crippen molar-refractivity contribution in [3.63, 3.8) is 0 Å². The molecule has 2 aromatic carbocycles. The first-order valence-electron chi connectivity index (χ1n) is 9.19. The maximum Gasteiger partial charge on any atom is 0.231 e. The Morgan fingerprint density at radius 3 is 2.69 bits per heavy atom. The molecule has 132 valence electrons. The maximum atomic E-state index is 13.1. The van der Waals surface area contributed by atoms with E-state index in [1.54, 1.807) is 0 Å². The molecule has 0 saturated carbocycles. The number of anilines is 1. The van der Waals surface area contributed by atoms with Gasteiger partial charge in [-0.1, -0.05) is 36.4 Å². The number of carbonyl (C=O) groups excluding carboxylic acids is 1. The first-order valence-corrected chi connectivity index (χ1v) is 9.19. The summed E-state index contributed by atoms with van der Waals surface area (Å²) in [5, 5.41) is 5.41. The largest absolute Gasteiger partial charge is 0.311 e. The van der Waals surface area contributed by atoms with Crippen LogP contribution in [0.1, 0.15) is 5.56 Å². The maximum absolute atomic E-state index is 13.1. The second-order valence-electron chi connectivity index (χ2n) is 7.47. The van der Waals surface area contributed by atoms with E-state index >= 15 is 0 Å². The van der Waals surface area contributed by atoms with Crippen LogP contribution in [0.3, 0.4) is 0 Å². The molecule has 0 unspecified atom stereocenters. The quantitative estimate of drug-likeness (QED) is 0.732. The lowest BCUT2D eigenvalue weighted by molar-refractivity contribution is -0.120. The van der Waals surface area contributed by atoms with Crippen LogP contribution in [0.2, 0.25) is 0 Å². The van der Waals surface area contributed by atoms with Gasteiger partial charge < -0.3 is 4.90 Å². The van der Waals surface area contributed by atoms with Gasteiger partial charge in [0.15, 0.2) is 0 Å². The minimum absolute atomic E-state index is 0.116. The number of carbonyl (C=O) groups is 1. The van der Waals surface area contributed by atoms with Gasteiger partial charge >= 0.3 is 0 Å². The molecule has 5 heteroatoms. The van der Waals surface area contributed by atoms with Gasteiger partial charge in [0.2, 0.25) is 5.91 Å². The van der Waals surface area contributed by atoms with Crippen LogP contribution in [0.15, 0.2) is 54.7 Å². The topological polar surface area (TPSA) is 41.4 Å². The second-order valence-corrected chi connectivity index (χ2v) is 7.47. The standard InChI is InChI=1S/C21H22N4O/c1-23-19-8-5-9-20(17(19)10-22-23)25-13-16-12-24(14-18(16)21(25)26)11-15-6-3-2-4-7-15/h2-10,16,18H,11-14H2,1H3/t16-,18-/m1/s1. The van der Waals surface area contributed by atoms with E-state index in [0.717, 1.165) is 42.8 Å². The van der Waals surface area contributed by atoms with Gasteiger partial charge in [0.1, 0.15) is 0 Å². The molecule has 0 bridgehead atoms. The van der Waals surface area contributed by atoms with Crippen molar-refractivity contribution in [1.29, 1.82) is 0 Å². The van der Waals surface area contributed by atoms with E-state index in [4.69, 9.17) is 0 Å². The highest BCUT2D eigenvalue weighted by atomic mass is 16.2. The summed E-state index contributed by atoms with van der Waals surface area (Å²) >= 11 is 0. The number of benzene rings is 2. The van der Waals surface area contributed by atoms with E-state index in [9.17, 15) is 4.79 Å². The minimum atomic E-state index is 0.116. The normalized spacial score (nSPS) is 23.1. The highest BCUT2D eigenvalue weighted by molar-refractivity contribution is 6.05. The summed E-state index contributed by atoms with van der Waals surface area (Å²) in [5.41, 5.74) is 3.39. The van der Waals surface area contributed by atoms with Crippen LogP contribution in [-0.2, 0) is 18.4 Å². The zero-order chi connectivity index (χ0) is 17.7. The van der Waals surface area contributed by atoms with Crippen molar-refractivity contribution in [3.8, 4) is 0 Å². The Morgan fingerprint density at radius 2 is 1.88 bits per heavy atom. The number of amides is 1. The van der Waals surface area contributed by atoms with Crippen LogP contribution in [0.25, 0.3) is 10.9 Å². The summed E-state index contributed by atoms with van der Waals surface area (Å²) in [6.45, 7) is 3.59. The molecule has 2 fully saturated rings. The van der Waals surface area contributed by atoms with Crippen LogP contribution in [0.5, 0.6) is 0 Å². The van der Waals surface area contributed by atoms with Gasteiger partial charge in [0, 0.05) is 44.5 Å². The number of aromatic nitrogens is 2. The first-order chi connectivity index (χ1) is 12.7. The van der Waals surface area contributed by atoms with Crippen molar-refractivity contribution in [2.75, 3.05) is 24.5 Å². The van der Waals surface area contributed by atoms with Crippen molar-refractivity contribution in [1.82, 2.24) is 14.7 Å². The average molecular weight is 346 g/mol. The number of hydrogen-bond acceptors (Lipinski definition) is 3. The fraction of sp³-hybridized carbons (Fsp3) is 0.333. The van der Waals surface area contributed by atoms with Gasteiger partial charge in [-0.2, -0.15) is 5.10 Å². The van der Waals surface area contributed by atoms with E-state index in [2.05, 4.69) is 40.3 Å². The molecule has 2 atom stereocenters. The molecule has 5 nitrogen and oxygen atoms in total. The lowest BCUT2D eigenvalue weighted by Crippen LogP contribution is -2.32. The number of fused-ring (bicyclic) bond motifs is 2. The molecule has 1 aromatic heterocycles. The van der Waals surface area contributed by atoms with E-state index in [1.807, 2.05) is 41.0 Å². The molecule has 0 spiro atoms. The van der Waals surface area contributed by atoms with E-state index in [1.165, 1.54) is 5.56 Å². The predicted molar refractivity (Wildman–Crippen MR) is 102 cm³/mol. The van der Waals surface area contributed by atoms with Crippen molar-refractivity contribution >= 4 is 22.5 Å². The molecule has 1 amide bonds. The number of nitrogens with zero attached hydrogens (tertiary/aromatic N) is 4. The molecule has 2 saturated heterocycles. The third kappa shape index (κ3) is 2.42. The Balaban J connectivity index is 1.36. The summed E-state index contributed by atoms with van der Waals surface area (Å²) in [5.74, 6) is 0.797. The van der Waals surface area contributed by atoms with E-state index in [-0.39, 0.29) is 11.8 Å². The third-order valence-electron chi connectivity index (χ3n) is 5.83. The zero-order valence-corrected chi connectivity index (χ0v) is 14.9. The Labute approximate surface area is 152 Å². The Hall–Kier alpha value is -2.66. The molecule has 0 N–H and O–H groups in total. The Kier molecular flexibility index (Phi) is 3.57. The molecule has 3 heterocycles. The predicted octanol–water partition coefficient (Wildman–Crippen LogP) is 2.67. The molecule has 3 aromatic rings. The van der Waals surface area contributed by atoms with Crippen LogP contribution in [0, 0.1) is 11.8 Å². The number of likely N-dealkylation sites (tertiary alicyclic amines) is 1. The van der Waals surface area contributed by atoms with E-state index in [0.29, 0.717) is 5.92 Å². The fourth-order valence-electron chi connectivity index (χ4n) is 4.54. The molecule has 0 aliphatic carbocycles. The average Bonchev–Trinajstić information content (AvgIpc) is 3.31. The van der Waals surface area contributed by atoms with E-state index < -0.39 is 0 Å². The van der Waals surface area contributed by atoms with Gasteiger partial charge in [-0.25, -0.2) is 0 Å².